The van der Waals surface area contributed by atoms with Crippen LogP contribution >= 0.6 is 11.5 Å². The molecule has 0 bridgehead atoms. The number of nitrogens with one attached hydrogen (secondary N) is 1. The molecule has 3 rings (SSSR count). The molecule has 1 aromatic heterocycles. The van der Waals surface area contributed by atoms with Crippen LogP contribution in [0.1, 0.15) is 59.2 Å². The molecule has 5 N–H and O–H groups in total. The van der Waals surface area contributed by atoms with Gasteiger partial charge < -0.3 is 21.7 Å². The highest BCUT2D eigenvalue weighted by molar-refractivity contribution is 7.09. The Balaban J connectivity index is 1.83. The van der Waals surface area contributed by atoms with Gasteiger partial charge in [-0.2, -0.15) is 4.37 Å². The molecule has 2 aliphatic rings. The van der Waals surface area contributed by atoms with Crippen LogP contribution in [-0.2, 0) is 4.79 Å². The standard InChI is InChI=1S/C19H31N7O3S/c1-12(18(28)22-13-6-4-3-5-7-13)26(25-10-8-24(2)9-11-25)19(29)16-14(20)15(17(21)27)23-30-16/h12-13H,3-11,20H2,1-2H3,(H2,21,27)(H,22,28). The van der Waals surface area contributed by atoms with E-state index < -0.39 is 17.9 Å². The highest BCUT2D eigenvalue weighted by Gasteiger charge is 2.36. The van der Waals surface area contributed by atoms with Crippen LogP contribution in [0.15, 0.2) is 0 Å². The maximum Gasteiger partial charge on any atom is 0.282 e. The third kappa shape index (κ3) is 4.90. The van der Waals surface area contributed by atoms with Crippen molar-refractivity contribution in [1.29, 1.82) is 0 Å². The average Bonchev–Trinajstić information content (AvgIpc) is 3.11. The molecule has 2 fully saturated rings. The first-order chi connectivity index (χ1) is 14.3. The zero-order valence-corrected chi connectivity index (χ0v) is 18.4. The van der Waals surface area contributed by atoms with Crippen LogP contribution in [0.4, 0.5) is 5.69 Å². The predicted molar refractivity (Wildman–Crippen MR) is 115 cm³/mol. The molecule has 0 spiro atoms. The third-order valence-corrected chi connectivity index (χ3v) is 6.70. The summed E-state index contributed by atoms with van der Waals surface area (Å²) in [5.74, 6) is -1.40. The van der Waals surface area contributed by atoms with Crippen molar-refractivity contribution in [3.8, 4) is 0 Å². The molecule has 166 valence electrons. The molecule has 10 nitrogen and oxygen atoms in total. The molecule has 0 radical (unpaired) electrons. The number of nitrogens with two attached hydrogens (primary N) is 2. The summed E-state index contributed by atoms with van der Waals surface area (Å²) in [4.78, 5) is 40.3. The fourth-order valence-electron chi connectivity index (χ4n) is 3.97. The number of hydrazine groups is 1. The Bertz CT molecular complexity index is 785. The van der Waals surface area contributed by atoms with E-state index in [1.807, 2.05) is 12.1 Å². The number of likely N-dealkylation sites (N-methyl/N-ethyl adjacent to an activating group) is 1. The van der Waals surface area contributed by atoms with Gasteiger partial charge >= 0.3 is 0 Å². The van der Waals surface area contributed by atoms with Gasteiger partial charge in [-0.3, -0.25) is 19.4 Å². The van der Waals surface area contributed by atoms with Crippen LogP contribution in [0.2, 0.25) is 0 Å². The molecule has 1 aliphatic carbocycles. The van der Waals surface area contributed by atoms with Gasteiger partial charge in [0.15, 0.2) is 5.69 Å². The van der Waals surface area contributed by atoms with E-state index in [1.165, 1.54) is 11.4 Å². The van der Waals surface area contributed by atoms with E-state index in [-0.39, 0.29) is 28.2 Å². The molecule has 3 amide bonds. The number of hydrogen-bond acceptors (Lipinski definition) is 8. The lowest BCUT2D eigenvalue weighted by molar-refractivity contribution is -0.134. The molecule has 1 aliphatic heterocycles. The fraction of sp³-hybridized carbons (Fsp3) is 0.684. The van der Waals surface area contributed by atoms with Crippen molar-refractivity contribution in [2.24, 2.45) is 5.73 Å². The van der Waals surface area contributed by atoms with Gasteiger partial charge in [0.2, 0.25) is 5.91 Å². The topological polar surface area (TPSA) is 138 Å². The largest absolute Gasteiger partial charge is 0.395 e. The van der Waals surface area contributed by atoms with Gasteiger partial charge in [0.1, 0.15) is 10.9 Å². The Morgan fingerprint density at radius 1 is 1.17 bits per heavy atom. The van der Waals surface area contributed by atoms with Gasteiger partial charge in [-0.05, 0) is 38.3 Å². The molecule has 1 atom stereocenters. The molecule has 11 heteroatoms. The second-order valence-corrected chi connectivity index (χ2v) is 8.84. The Morgan fingerprint density at radius 2 is 1.80 bits per heavy atom. The van der Waals surface area contributed by atoms with E-state index in [0.29, 0.717) is 13.1 Å². The third-order valence-electron chi connectivity index (χ3n) is 5.85. The number of carbonyl (C=O) groups is 3. The summed E-state index contributed by atoms with van der Waals surface area (Å²) in [7, 11) is 2.02. The van der Waals surface area contributed by atoms with Gasteiger partial charge in [0.25, 0.3) is 11.8 Å². The monoisotopic (exact) mass is 437 g/mol. The normalized spacial score (nSPS) is 19.9. The minimum Gasteiger partial charge on any atom is -0.395 e. The maximum atomic E-state index is 13.4. The quantitative estimate of drug-likeness (QED) is 0.580. The van der Waals surface area contributed by atoms with Crippen molar-refractivity contribution in [2.75, 3.05) is 39.0 Å². The van der Waals surface area contributed by atoms with Gasteiger partial charge in [0.05, 0.1) is 5.69 Å². The summed E-state index contributed by atoms with van der Waals surface area (Å²) in [5, 5.41) is 6.46. The molecule has 1 aromatic rings. The van der Waals surface area contributed by atoms with Crippen LogP contribution < -0.4 is 16.8 Å². The second kappa shape index (κ2) is 9.71. The molecule has 0 aromatic carbocycles. The SMILES string of the molecule is CC(C(=O)NC1CCCCC1)N(C(=O)c1snc(C(N)=O)c1N)N1CCN(C)CC1. The molecule has 1 unspecified atom stereocenters. The number of carbonyl (C=O) groups excluding carboxylic acids is 3. The summed E-state index contributed by atoms with van der Waals surface area (Å²) in [5.41, 5.74) is 11.1. The number of nitrogen functional groups attached to an aromatic ring is 1. The number of rotatable bonds is 6. The first-order valence-corrected chi connectivity index (χ1v) is 11.2. The summed E-state index contributed by atoms with van der Waals surface area (Å²) < 4.78 is 3.94. The summed E-state index contributed by atoms with van der Waals surface area (Å²) in [6, 6.07) is -0.575. The first kappa shape index (κ1) is 22.4. The van der Waals surface area contributed by atoms with Crippen LogP contribution in [0.25, 0.3) is 0 Å². The zero-order chi connectivity index (χ0) is 21.8. The van der Waals surface area contributed by atoms with Crippen molar-refractivity contribution in [3.63, 3.8) is 0 Å². The minimum absolute atomic E-state index is 0.0310. The van der Waals surface area contributed by atoms with Gasteiger partial charge in [-0.15, -0.1) is 0 Å². The van der Waals surface area contributed by atoms with Gasteiger partial charge in [0, 0.05) is 32.2 Å². The maximum absolute atomic E-state index is 13.4. The van der Waals surface area contributed by atoms with E-state index in [4.69, 9.17) is 11.5 Å². The predicted octanol–water partition coefficient (Wildman–Crippen LogP) is 0.266. The van der Waals surface area contributed by atoms with Gasteiger partial charge in [-0.25, -0.2) is 5.01 Å². The van der Waals surface area contributed by atoms with E-state index in [0.717, 1.165) is 50.3 Å². The molecule has 1 saturated heterocycles. The zero-order valence-electron chi connectivity index (χ0n) is 17.6. The molecule has 1 saturated carbocycles. The number of primary amides is 1. The highest BCUT2D eigenvalue weighted by atomic mass is 32.1. The first-order valence-electron chi connectivity index (χ1n) is 10.4. The van der Waals surface area contributed by atoms with Crippen LogP contribution in [0.5, 0.6) is 0 Å². The van der Waals surface area contributed by atoms with Crippen molar-refractivity contribution < 1.29 is 14.4 Å². The van der Waals surface area contributed by atoms with Crippen LogP contribution in [0.3, 0.4) is 0 Å². The van der Waals surface area contributed by atoms with E-state index in [9.17, 15) is 14.4 Å². The second-order valence-electron chi connectivity index (χ2n) is 8.06. The number of hydrogen-bond donors (Lipinski definition) is 3. The van der Waals surface area contributed by atoms with Crippen molar-refractivity contribution in [2.45, 2.75) is 51.1 Å². The molecular weight excluding hydrogens is 406 g/mol. The van der Waals surface area contributed by atoms with Crippen molar-refractivity contribution in [1.82, 2.24) is 24.6 Å². The lowest BCUT2D eigenvalue weighted by Gasteiger charge is -2.42. The summed E-state index contributed by atoms with van der Waals surface area (Å²) >= 11 is 0.834. The number of piperazine rings is 1. The van der Waals surface area contributed by atoms with Crippen molar-refractivity contribution in [3.05, 3.63) is 10.6 Å². The van der Waals surface area contributed by atoms with Crippen molar-refractivity contribution >= 4 is 34.9 Å². The number of aromatic nitrogens is 1. The van der Waals surface area contributed by atoms with Crippen LogP contribution in [0, 0.1) is 0 Å². The van der Waals surface area contributed by atoms with E-state index in [1.54, 1.807) is 6.92 Å². The minimum atomic E-state index is -0.781. The Labute approximate surface area is 180 Å². The van der Waals surface area contributed by atoms with E-state index in [2.05, 4.69) is 14.6 Å². The summed E-state index contributed by atoms with van der Waals surface area (Å²) in [6.07, 6.45) is 5.33. The average molecular weight is 438 g/mol. The lowest BCUT2D eigenvalue weighted by atomic mass is 9.95. The fourth-order valence-corrected chi connectivity index (χ4v) is 4.71. The molecule has 30 heavy (non-hydrogen) atoms. The number of anilines is 1. The van der Waals surface area contributed by atoms with E-state index >= 15 is 0 Å². The number of amides is 3. The number of nitrogens with zero attached hydrogens (tertiary/aromatic N) is 4. The highest BCUT2D eigenvalue weighted by Crippen LogP contribution is 2.26. The molecular formula is C19H31N7O3S. The smallest absolute Gasteiger partial charge is 0.282 e. The van der Waals surface area contributed by atoms with Crippen LogP contribution in [-0.4, -0.2) is 82.3 Å². The lowest BCUT2D eigenvalue weighted by Crippen LogP contribution is -2.61. The Kier molecular flexibility index (Phi) is 7.27. The summed E-state index contributed by atoms with van der Waals surface area (Å²) in [6.45, 7) is 4.47. The Hall–Kier alpha value is -2.24. The Morgan fingerprint density at radius 3 is 2.37 bits per heavy atom. The molecule has 2 heterocycles. The van der Waals surface area contributed by atoms with Gasteiger partial charge in [-0.1, -0.05) is 19.3 Å².